The third-order valence-electron chi connectivity index (χ3n) is 1.75. The molecule has 1 aliphatic heterocycles. The van der Waals surface area contributed by atoms with Gasteiger partial charge in [-0.2, -0.15) is 0 Å². The molecule has 1 aliphatic rings. The van der Waals surface area contributed by atoms with Crippen molar-refractivity contribution < 1.29 is 4.79 Å². The smallest absolute Gasteiger partial charge is 0.264 e. The molecular formula is C8H8N4OS. The van der Waals surface area contributed by atoms with Gasteiger partial charge in [-0.15, -0.1) is 11.3 Å². The Kier molecular flexibility index (Phi) is 2.28. The summed E-state index contributed by atoms with van der Waals surface area (Å²) in [7, 11) is 0. The van der Waals surface area contributed by atoms with Gasteiger partial charge in [0.25, 0.3) is 5.91 Å². The Morgan fingerprint density at radius 1 is 1.64 bits per heavy atom. The van der Waals surface area contributed by atoms with Crippen LogP contribution >= 0.6 is 11.3 Å². The van der Waals surface area contributed by atoms with Gasteiger partial charge in [0.1, 0.15) is 5.71 Å². The maximum absolute atomic E-state index is 10.9. The van der Waals surface area contributed by atoms with Gasteiger partial charge in [-0.05, 0) is 0 Å². The van der Waals surface area contributed by atoms with E-state index in [1.165, 1.54) is 11.3 Å². The highest BCUT2D eigenvalue weighted by Gasteiger charge is 2.16. The van der Waals surface area contributed by atoms with E-state index in [-0.39, 0.29) is 0 Å². The Labute approximate surface area is 84.6 Å². The molecule has 72 valence electrons. The summed E-state index contributed by atoms with van der Waals surface area (Å²) in [4.78, 5) is 20.7. The molecule has 1 aromatic rings. The second-order valence-electron chi connectivity index (χ2n) is 2.68. The Morgan fingerprint density at radius 2 is 2.50 bits per heavy atom. The zero-order chi connectivity index (χ0) is 9.97. The number of hydrogen-bond donors (Lipinski definition) is 1. The van der Waals surface area contributed by atoms with E-state index in [4.69, 9.17) is 5.73 Å². The van der Waals surface area contributed by atoms with Gasteiger partial charge in [0.05, 0.1) is 6.54 Å². The van der Waals surface area contributed by atoms with Crippen molar-refractivity contribution in [3.05, 3.63) is 24.0 Å². The number of carbonyl (C=O) groups excluding carboxylic acids is 1. The maximum Gasteiger partial charge on any atom is 0.264 e. The highest BCUT2D eigenvalue weighted by atomic mass is 32.1. The minimum Gasteiger partial charge on any atom is -0.364 e. The summed E-state index contributed by atoms with van der Waals surface area (Å²) in [5, 5.41) is 2.70. The van der Waals surface area contributed by atoms with Crippen molar-refractivity contribution in [3.63, 3.8) is 0 Å². The van der Waals surface area contributed by atoms with Crippen LogP contribution in [0.3, 0.4) is 0 Å². The highest BCUT2D eigenvalue weighted by Crippen LogP contribution is 2.18. The van der Waals surface area contributed by atoms with Crippen LogP contribution in [0.15, 0.2) is 29.0 Å². The first-order chi connectivity index (χ1) is 6.77. The van der Waals surface area contributed by atoms with Crippen LogP contribution in [0, 0.1) is 0 Å². The number of primary amides is 1. The summed E-state index contributed by atoms with van der Waals surface area (Å²) in [5.74, 6) is -0.490. The quantitative estimate of drug-likeness (QED) is 0.762. The lowest BCUT2D eigenvalue weighted by atomic mass is 10.3. The van der Waals surface area contributed by atoms with Crippen LogP contribution in [0.4, 0.5) is 5.13 Å². The second-order valence-corrected chi connectivity index (χ2v) is 3.55. The van der Waals surface area contributed by atoms with Crippen LogP contribution in [0.5, 0.6) is 0 Å². The Hall–Kier alpha value is -1.69. The van der Waals surface area contributed by atoms with E-state index in [1.807, 2.05) is 10.3 Å². The maximum atomic E-state index is 10.9. The first kappa shape index (κ1) is 8.89. The zero-order valence-electron chi connectivity index (χ0n) is 7.25. The molecule has 5 nitrogen and oxygen atoms in total. The average molecular weight is 208 g/mol. The predicted octanol–water partition coefficient (Wildman–Crippen LogP) is 0.361. The molecule has 0 radical (unpaired) electrons. The number of aliphatic imine (C=N–C) groups is 1. The number of carbonyl (C=O) groups is 1. The summed E-state index contributed by atoms with van der Waals surface area (Å²) in [6.07, 6.45) is 5.03. The number of aromatic nitrogens is 1. The number of thiazole rings is 1. The Balaban J connectivity index is 2.18. The summed E-state index contributed by atoms with van der Waals surface area (Å²) in [6.45, 7) is 0.388. The van der Waals surface area contributed by atoms with Crippen LogP contribution in [0.2, 0.25) is 0 Å². The van der Waals surface area contributed by atoms with E-state index >= 15 is 0 Å². The SMILES string of the molecule is NC(=O)C1=NC=CN(c2nccs2)C1. The molecular weight excluding hydrogens is 200 g/mol. The molecule has 0 atom stereocenters. The number of anilines is 1. The molecule has 0 aromatic carbocycles. The molecule has 2 heterocycles. The summed E-state index contributed by atoms with van der Waals surface area (Å²) in [6, 6.07) is 0. The third kappa shape index (κ3) is 1.64. The molecule has 2 rings (SSSR count). The average Bonchev–Trinajstić information content (AvgIpc) is 2.71. The van der Waals surface area contributed by atoms with Crippen molar-refractivity contribution in [3.8, 4) is 0 Å². The van der Waals surface area contributed by atoms with Crippen LogP contribution in [-0.2, 0) is 4.79 Å². The van der Waals surface area contributed by atoms with E-state index in [2.05, 4.69) is 9.98 Å². The first-order valence-electron chi connectivity index (χ1n) is 3.96. The molecule has 0 fully saturated rings. The largest absolute Gasteiger partial charge is 0.364 e. The molecule has 0 aliphatic carbocycles. The van der Waals surface area contributed by atoms with E-state index in [0.29, 0.717) is 12.3 Å². The highest BCUT2D eigenvalue weighted by molar-refractivity contribution is 7.13. The normalized spacial score (nSPS) is 15.4. The number of hydrogen-bond acceptors (Lipinski definition) is 5. The zero-order valence-corrected chi connectivity index (χ0v) is 8.07. The van der Waals surface area contributed by atoms with Crippen molar-refractivity contribution in [2.24, 2.45) is 10.7 Å². The predicted molar refractivity (Wildman–Crippen MR) is 55.2 cm³/mol. The topological polar surface area (TPSA) is 71.6 Å². The summed E-state index contributed by atoms with van der Waals surface area (Å²) >= 11 is 1.50. The van der Waals surface area contributed by atoms with Crippen molar-refractivity contribution in [2.75, 3.05) is 11.4 Å². The second kappa shape index (κ2) is 3.59. The fourth-order valence-corrected chi connectivity index (χ4v) is 1.72. The Bertz CT molecular complexity index is 395. The van der Waals surface area contributed by atoms with Crippen molar-refractivity contribution in [2.45, 2.75) is 0 Å². The minimum atomic E-state index is -0.490. The monoisotopic (exact) mass is 208 g/mol. The lowest BCUT2D eigenvalue weighted by Crippen LogP contribution is -2.35. The van der Waals surface area contributed by atoms with E-state index < -0.39 is 5.91 Å². The number of nitrogens with zero attached hydrogens (tertiary/aromatic N) is 3. The van der Waals surface area contributed by atoms with Gasteiger partial charge in [-0.3, -0.25) is 9.79 Å². The first-order valence-corrected chi connectivity index (χ1v) is 4.84. The summed E-state index contributed by atoms with van der Waals surface area (Å²) in [5.41, 5.74) is 5.49. The lowest BCUT2D eigenvalue weighted by molar-refractivity contribution is -0.112. The Morgan fingerprint density at radius 3 is 3.14 bits per heavy atom. The summed E-state index contributed by atoms with van der Waals surface area (Å²) < 4.78 is 0. The van der Waals surface area contributed by atoms with Crippen LogP contribution < -0.4 is 10.6 Å². The molecule has 0 spiro atoms. The molecule has 0 unspecified atom stereocenters. The van der Waals surface area contributed by atoms with Gasteiger partial charge in [0, 0.05) is 24.0 Å². The van der Waals surface area contributed by atoms with Crippen LogP contribution in [0.25, 0.3) is 0 Å². The fraction of sp³-hybridized carbons (Fsp3) is 0.125. The van der Waals surface area contributed by atoms with Crippen LogP contribution in [0.1, 0.15) is 0 Å². The van der Waals surface area contributed by atoms with Gasteiger partial charge in [0.2, 0.25) is 0 Å². The van der Waals surface area contributed by atoms with Crippen molar-refractivity contribution >= 4 is 28.1 Å². The molecule has 14 heavy (non-hydrogen) atoms. The number of nitrogens with two attached hydrogens (primary N) is 1. The van der Waals surface area contributed by atoms with Gasteiger partial charge < -0.3 is 10.6 Å². The lowest BCUT2D eigenvalue weighted by Gasteiger charge is -2.19. The molecule has 0 bridgehead atoms. The van der Waals surface area contributed by atoms with E-state index in [0.717, 1.165) is 5.13 Å². The standard InChI is InChI=1S/C8H8N4OS/c9-7(13)6-5-12(3-1-10-6)8-11-2-4-14-8/h1-4H,5H2,(H2,9,13). The third-order valence-corrected chi connectivity index (χ3v) is 2.56. The van der Waals surface area contributed by atoms with Gasteiger partial charge in [0.15, 0.2) is 5.13 Å². The van der Waals surface area contributed by atoms with Gasteiger partial charge in [-0.1, -0.05) is 0 Å². The van der Waals surface area contributed by atoms with Gasteiger partial charge in [-0.25, -0.2) is 4.98 Å². The van der Waals surface area contributed by atoms with Gasteiger partial charge >= 0.3 is 0 Å². The van der Waals surface area contributed by atoms with E-state index in [1.54, 1.807) is 18.6 Å². The molecule has 1 aromatic heterocycles. The van der Waals surface area contributed by atoms with Crippen molar-refractivity contribution in [1.82, 2.24) is 4.98 Å². The van der Waals surface area contributed by atoms with Crippen LogP contribution in [-0.4, -0.2) is 23.1 Å². The minimum absolute atomic E-state index is 0.350. The van der Waals surface area contributed by atoms with Crippen molar-refractivity contribution in [1.29, 1.82) is 0 Å². The van der Waals surface area contributed by atoms with E-state index in [9.17, 15) is 4.79 Å². The number of amides is 1. The number of rotatable bonds is 2. The molecule has 0 saturated heterocycles. The molecule has 2 N–H and O–H groups in total. The molecule has 1 amide bonds. The molecule has 0 saturated carbocycles. The molecule has 6 heteroatoms. The fourth-order valence-electron chi connectivity index (χ4n) is 1.09.